The highest BCUT2D eigenvalue weighted by Gasteiger charge is 2.18. The Hall–Kier alpha value is -0.250. The zero-order valence-electron chi connectivity index (χ0n) is 5.87. The Morgan fingerprint density at radius 2 is 2.36 bits per heavy atom. The maximum absolute atomic E-state index is 10.5. The monoisotopic (exact) mass is 196 g/mol. The average Bonchev–Trinajstić information content (AvgIpc) is 2.36. The van der Waals surface area contributed by atoms with E-state index in [0.717, 1.165) is 13.0 Å². The minimum absolute atomic E-state index is 0. The van der Waals surface area contributed by atoms with E-state index in [9.17, 15) is 4.79 Å². The normalized spacial score (nSPS) is 17.8. The smallest absolute Gasteiger partial charge is 0.258 e. The first-order valence-corrected chi connectivity index (χ1v) is 3.47. The highest BCUT2D eigenvalue weighted by molar-refractivity contribution is 6.64. The van der Waals surface area contributed by atoms with E-state index in [2.05, 4.69) is 0 Å². The highest BCUT2D eigenvalue weighted by atomic mass is 35.5. The summed E-state index contributed by atoms with van der Waals surface area (Å²) in [5.74, 6) is 0. The van der Waals surface area contributed by atoms with Gasteiger partial charge in [0.2, 0.25) is 0 Å². The molecule has 64 valence electrons. The molecule has 0 spiro atoms. The second kappa shape index (κ2) is 4.59. The van der Waals surface area contributed by atoms with E-state index in [1.54, 1.807) is 11.1 Å². The zero-order valence-corrected chi connectivity index (χ0v) is 7.44. The van der Waals surface area contributed by atoms with E-state index in [1.165, 1.54) is 0 Å². The molecule has 1 aliphatic rings. The Morgan fingerprint density at radius 3 is 2.73 bits per heavy atom. The molecule has 0 radical (unpaired) electrons. The van der Waals surface area contributed by atoms with E-state index in [1.807, 2.05) is 6.08 Å². The number of carbonyl (C=O) groups is 1. The third-order valence-corrected chi connectivity index (χ3v) is 1.66. The van der Waals surface area contributed by atoms with Gasteiger partial charge in [0.1, 0.15) is 0 Å². The fourth-order valence-corrected chi connectivity index (χ4v) is 0.996. The Morgan fingerprint density at radius 1 is 1.73 bits per heavy atom. The van der Waals surface area contributed by atoms with Crippen molar-refractivity contribution < 1.29 is 4.79 Å². The molecule has 1 aliphatic heterocycles. The van der Waals surface area contributed by atoms with E-state index in [4.69, 9.17) is 17.3 Å². The summed E-state index contributed by atoms with van der Waals surface area (Å²) in [5, 5.41) is -0.508. The summed E-state index contributed by atoms with van der Waals surface area (Å²) in [6, 6.07) is 0. The molecule has 0 fully saturated rings. The molecule has 2 N–H and O–H groups in total. The predicted octanol–water partition coefficient (Wildman–Crippen LogP) is 0.678. The predicted molar refractivity (Wildman–Crippen MR) is 46.5 cm³/mol. The van der Waals surface area contributed by atoms with Crippen LogP contribution in [0.1, 0.15) is 6.42 Å². The molecule has 5 heteroatoms. The molecule has 0 aliphatic carbocycles. The number of hydrogen-bond acceptors (Lipinski definition) is 3. The van der Waals surface area contributed by atoms with Crippen LogP contribution in [0.15, 0.2) is 12.3 Å². The molecule has 3 nitrogen and oxygen atoms in total. The van der Waals surface area contributed by atoms with Crippen LogP contribution < -0.4 is 5.73 Å². The lowest BCUT2D eigenvalue weighted by Gasteiger charge is -2.19. The van der Waals surface area contributed by atoms with Gasteiger partial charge in [0, 0.05) is 6.54 Å². The lowest BCUT2D eigenvalue weighted by Crippen LogP contribution is -2.41. The maximum atomic E-state index is 10.5. The quantitative estimate of drug-likeness (QED) is 0.662. The summed E-state index contributed by atoms with van der Waals surface area (Å²) in [6.45, 7) is 0.791. The first-order chi connectivity index (χ1) is 4.72. The Balaban J connectivity index is 0.000001000. The molecule has 0 aromatic carbocycles. The van der Waals surface area contributed by atoms with Gasteiger partial charge in [-0.05, 0) is 24.2 Å². The summed E-state index contributed by atoms with van der Waals surface area (Å²) < 4.78 is 0. The average molecular weight is 197 g/mol. The lowest BCUT2D eigenvalue weighted by atomic mass is 10.4. The fraction of sp³-hybridized carbons (Fsp3) is 0.500. The number of hydrogen-bond donors (Lipinski definition) is 1. The molecule has 0 aromatic rings. The van der Waals surface area contributed by atoms with Crippen LogP contribution in [0.3, 0.4) is 0 Å². The van der Waals surface area contributed by atoms with Crippen molar-refractivity contribution in [1.82, 2.24) is 4.90 Å². The number of nitrogens with two attached hydrogens (primary N) is 1. The lowest BCUT2D eigenvalue weighted by molar-refractivity contribution is -0.115. The van der Waals surface area contributed by atoms with Crippen molar-refractivity contribution in [3.05, 3.63) is 12.3 Å². The van der Waals surface area contributed by atoms with Crippen LogP contribution in [0, 0.1) is 0 Å². The van der Waals surface area contributed by atoms with E-state index < -0.39 is 11.4 Å². The minimum Gasteiger partial charge on any atom is -0.355 e. The van der Waals surface area contributed by atoms with Crippen molar-refractivity contribution in [3.63, 3.8) is 0 Å². The van der Waals surface area contributed by atoms with E-state index >= 15 is 0 Å². The van der Waals surface area contributed by atoms with Crippen LogP contribution in [-0.2, 0) is 4.79 Å². The maximum Gasteiger partial charge on any atom is 0.258 e. The number of carbonyl (C=O) groups excluding carboxylic acids is 1. The van der Waals surface area contributed by atoms with Gasteiger partial charge in [-0.3, -0.25) is 4.79 Å². The molecule has 1 rings (SSSR count). The topological polar surface area (TPSA) is 46.3 Å². The molecular weight excluding hydrogens is 187 g/mol. The highest BCUT2D eigenvalue weighted by Crippen LogP contribution is 2.07. The van der Waals surface area contributed by atoms with Gasteiger partial charge in [0.05, 0.1) is 0 Å². The van der Waals surface area contributed by atoms with Gasteiger partial charge in [-0.1, -0.05) is 6.08 Å². The molecule has 0 saturated carbocycles. The van der Waals surface area contributed by atoms with Crippen molar-refractivity contribution in [2.24, 2.45) is 5.73 Å². The molecule has 0 bridgehead atoms. The van der Waals surface area contributed by atoms with Gasteiger partial charge in [-0.25, -0.2) is 0 Å². The number of halogens is 2. The van der Waals surface area contributed by atoms with Crippen molar-refractivity contribution in [1.29, 1.82) is 0 Å². The molecule has 11 heavy (non-hydrogen) atoms. The Bertz CT molecular complexity index is 172. The molecule has 1 atom stereocenters. The van der Waals surface area contributed by atoms with Crippen LogP contribution >= 0.6 is 24.0 Å². The first kappa shape index (κ1) is 10.8. The molecular formula is C6H10Cl2N2O. The molecule has 1 heterocycles. The van der Waals surface area contributed by atoms with Crippen molar-refractivity contribution in [2.75, 3.05) is 6.54 Å². The number of rotatable bonds is 2. The third kappa shape index (κ3) is 2.69. The summed E-state index contributed by atoms with van der Waals surface area (Å²) in [6.07, 6.45) is 4.03. The zero-order chi connectivity index (χ0) is 7.56. The van der Waals surface area contributed by atoms with Crippen LogP contribution in [0.2, 0.25) is 0 Å². The summed E-state index contributed by atoms with van der Waals surface area (Å²) >= 11 is 5.17. The van der Waals surface area contributed by atoms with Gasteiger partial charge in [0.25, 0.3) is 5.24 Å². The minimum atomic E-state index is -0.666. The summed E-state index contributed by atoms with van der Waals surface area (Å²) in [4.78, 5) is 12.2. The van der Waals surface area contributed by atoms with Crippen molar-refractivity contribution >= 4 is 29.3 Å². The van der Waals surface area contributed by atoms with Gasteiger partial charge >= 0.3 is 0 Å². The largest absolute Gasteiger partial charge is 0.355 e. The van der Waals surface area contributed by atoms with Gasteiger partial charge in [-0.15, -0.1) is 12.4 Å². The van der Waals surface area contributed by atoms with Crippen LogP contribution in [0.25, 0.3) is 0 Å². The molecule has 0 aromatic heterocycles. The van der Waals surface area contributed by atoms with Gasteiger partial charge in [-0.2, -0.15) is 0 Å². The van der Waals surface area contributed by atoms with Crippen molar-refractivity contribution in [2.45, 2.75) is 12.6 Å². The van der Waals surface area contributed by atoms with Gasteiger partial charge in [0.15, 0.2) is 6.17 Å². The standard InChI is InChI=1S/C6H9ClN2O.ClH/c7-5(10)6(8)9-3-1-2-4-9;/h1,3,6H,2,4,8H2;1H. The first-order valence-electron chi connectivity index (χ1n) is 3.09. The van der Waals surface area contributed by atoms with Crippen molar-refractivity contribution in [3.8, 4) is 0 Å². The van der Waals surface area contributed by atoms with Crippen LogP contribution in [0.4, 0.5) is 0 Å². The van der Waals surface area contributed by atoms with E-state index in [-0.39, 0.29) is 12.4 Å². The Labute approximate surface area is 76.6 Å². The number of nitrogens with zero attached hydrogens (tertiary/aromatic N) is 1. The molecule has 0 saturated heterocycles. The van der Waals surface area contributed by atoms with Crippen LogP contribution in [0.5, 0.6) is 0 Å². The summed E-state index contributed by atoms with van der Waals surface area (Å²) in [7, 11) is 0. The SMILES string of the molecule is Cl.NC(C(=O)Cl)N1C=CCC1. The fourth-order valence-electron chi connectivity index (χ4n) is 0.870. The van der Waals surface area contributed by atoms with Gasteiger partial charge < -0.3 is 10.6 Å². The molecule has 1 unspecified atom stereocenters. The Kier molecular flexibility index (Phi) is 4.49. The van der Waals surface area contributed by atoms with Crippen LogP contribution in [-0.4, -0.2) is 22.9 Å². The third-order valence-electron chi connectivity index (χ3n) is 1.44. The second-order valence-corrected chi connectivity index (χ2v) is 2.53. The van der Waals surface area contributed by atoms with E-state index in [0.29, 0.717) is 0 Å². The summed E-state index contributed by atoms with van der Waals surface area (Å²) in [5.41, 5.74) is 5.41. The second-order valence-electron chi connectivity index (χ2n) is 2.16. The molecule has 0 amide bonds.